The van der Waals surface area contributed by atoms with Crippen molar-refractivity contribution in [3.8, 4) is 0 Å². The molecule has 0 fully saturated rings. The van der Waals surface area contributed by atoms with E-state index in [0.717, 1.165) is 5.56 Å². The van der Waals surface area contributed by atoms with Gasteiger partial charge in [-0.15, -0.1) is 0 Å². The number of halogens is 1. The van der Waals surface area contributed by atoms with Gasteiger partial charge < -0.3 is 15.6 Å². The maximum absolute atomic E-state index is 12.0. The largest absolute Gasteiger partial charge is 0.633 e. The van der Waals surface area contributed by atoms with Crippen LogP contribution in [0.4, 0.5) is 5.82 Å². The number of hydrogen-bond acceptors (Lipinski definition) is 5. The molecule has 0 aliphatic carbocycles. The van der Waals surface area contributed by atoms with Gasteiger partial charge in [-0.2, -0.15) is 0 Å². The lowest BCUT2D eigenvalue weighted by Crippen LogP contribution is -3.05. The molecule has 0 radical (unpaired) electrons. The Balaban J connectivity index is 1.76. The van der Waals surface area contributed by atoms with Gasteiger partial charge in [0, 0.05) is 25.7 Å². The van der Waals surface area contributed by atoms with E-state index in [-0.39, 0.29) is 22.6 Å². The number of rotatable bonds is 8. The van der Waals surface area contributed by atoms with Gasteiger partial charge in [-0.1, -0.05) is 17.8 Å². The Morgan fingerprint density at radius 3 is 3.13 bits per heavy atom. The number of hydroxylamine groups is 2. The predicted molar refractivity (Wildman–Crippen MR) is 98.5 cm³/mol. The number of pyridine rings is 1. The van der Waals surface area contributed by atoms with E-state index in [0.29, 0.717) is 42.2 Å². The molecule has 1 aromatic heterocycles. The number of nitrogens with zero attached hydrogens (tertiary/aromatic N) is 2. The number of nitrogens with one attached hydrogen (secondary N) is 2. The van der Waals surface area contributed by atoms with Crippen LogP contribution < -0.4 is 15.3 Å². The molecular formula is C14H19IN4O3S. The standard InChI is InChI=1S/C14H19IN4O3S/c15-9-18(22)10-23-8-12(20)16-6-7-19-13(21)4-3-11-2-1-5-17-14(11)19/h1-2,5,18H,3-4,6-10H2,(H,16,20). The SMILES string of the molecule is O=C(CSC[NH+]([O-])CI)NCCN1C(=O)CCc2cccnc21. The van der Waals surface area contributed by atoms with Crippen molar-refractivity contribution in [3.05, 3.63) is 29.1 Å². The van der Waals surface area contributed by atoms with E-state index in [1.165, 1.54) is 11.8 Å². The van der Waals surface area contributed by atoms with Gasteiger partial charge in [0.1, 0.15) is 16.2 Å². The molecule has 2 amide bonds. The molecule has 0 saturated carbocycles. The van der Waals surface area contributed by atoms with Crippen LogP contribution in [0.2, 0.25) is 0 Å². The number of hydrogen-bond donors (Lipinski definition) is 2. The summed E-state index contributed by atoms with van der Waals surface area (Å²) in [5, 5.41) is 14.1. The van der Waals surface area contributed by atoms with Crippen molar-refractivity contribution >= 4 is 52.0 Å². The lowest BCUT2D eigenvalue weighted by Gasteiger charge is -2.28. The summed E-state index contributed by atoms with van der Waals surface area (Å²) < 4.78 is 0.468. The lowest BCUT2D eigenvalue weighted by atomic mass is 10.1. The van der Waals surface area contributed by atoms with Crippen molar-refractivity contribution in [1.82, 2.24) is 10.3 Å². The topological polar surface area (TPSA) is 89.8 Å². The number of aryl methyl sites for hydroxylation is 1. The van der Waals surface area contributed by atoms with E-state index in [9.17, 15) is 14.8 Å². The summed E-state index contributed by atoms with van der Waals surface area (Å²) in [5.74, 6) is 1.22. The van der Waals surface area contributed by atoms with Gasteiger partial charge >= 0.3 is 0 Å². The molecule has 2 heterocycles. The Kier molecular flexibility index (Phi) is 7.53. The first-order chi connectivity index (χ1) is 11.1. The van der Waals surface area contributed by atoms with Gasteiger partial charge in [0.15, 0.2) is 0 Å². The van der Waals surface area contributed by atoms with Crippen LogP contribution >= 0.6 is 34.4 Å². The minimum Gasteiger partial charge on any atom is -0.633 e. The van der Waals surface area contributed by atoms with Gasteiger partial charge in [-0.3, -0.25) is 14.5 Å². The highest BCUT2D eigenvalue weighted by Crippen LogP contribution is 2.24. The van der Waals surface area contributed by atoms with Crippen LogP contribution in [-0.4, -0.2) is 46.1 Å². The number of quaternary nitrogens is 1. The summed E-state index contributed by atoms with van der Waals surface area (Å²) >= 11 is 3.32. The maximum atomic E-state index is 12.0. The Labute approximate surface area is 152 Å². The number of anilines is 1. The summed E-state index contributed by atoms with van der Waals surface area (Å²) in [5.41, 5.74) is 1.06. The molecule has 0 aromatic carbocycles. The smallest absolute Gasteiger partial charge is 0.230 e. The first kappa shape index (κ1) is 18.4. The zero-order valence-electron chi connectivity index (χ0n) is 12.6. The van der Waals surface area contributed by atoms with Gasteiger partial charge in [-0.25, -0.2) is 4.98 Å². The van der Waals surface area contributed by atoms with E-state index in [2.05, 4.69) is 10.3 Å². The fraction of sp³-hybridized carbons (Fsp3) is 0.500. The van der Waals surface area contributed by atoms with Crippen LogP contribution in [0.25, 0.3) is 0 Å². The second kappa shape index (κ2) is 9.40. The average molecular weight is 450 g/mol. The normalized spacial score (nSPS) is 15.2. The highest BCUT2D eigenvalue weighted by molar-refractivity contribution is 14.1. The third-order valence-corrected chi connectivity index (χ3v) is 5.18. The van der Waals surface area contributed by atoms with Crippen LogP contribution in [0.15, 0.2) is 18.3 Å². The van der Waals surface area contributed by atoms with Gasteiger partial charge in [0.05, 0.1) is 5.75 Å². The summed E-state index contributed by atoms with van der Waals surface area (Å²) in [6.07, 6.45) is 2.86. The molecule has 2 rings (SSSR count). The lowest BCUT2D eigenvalue weighted by molar-refractivity contribution is -0.815. The molecule has 1 aromatic rings. The molecule has 2 N–H and O–H groups in total. The van der Waals surface area contributed by atoms with Crippen LogP contribution in [0.1, 0.15) is 12.0 Å². The molecular weight excluding hydrogens is 431 g/mol. The van der Waals surface area contributed by atoms with E-state index >= 15 is 0 Å². The molecule has 126 valence electrons. The van der Waals surface area contributed by atoms with Crippen molar-refractivity contribution < 1.29 is 14.7 Å². The van der Waals surface area contributed by atoms with E-state index < -0.39 is 0 Å². The monoisotopic (exact) mass is 450 g/mol. The van der Waals surface area contributed by atoms with Gasteiger partial charge in [0.2, 0.25) is 11.8 Å². The number of amides is 2. The maximum Gasteiger partial charge on any atom is 0.230 e. The highest BCUT2D eigenvalue weighted by atomic mass is 127. The Morgan fingerprint density at radius 2 is 2.35 bits per heavy atom. The molecule has 23 heavy (non-hydrogen) atoms. The Morgan fingerprint density at radius 1 is 1.52 bits per heavy atom. The van der Waals surface area contributed by atoms with Crippen LogP contribution in [-0.2, 0) is 16.0 Å². The second-order valence-corrected chi connectivity index (χ2v) is 6.79. The quantitative estimate of drug-likeness (QED) is 0.191. The fourth-order valence-electron chi connectivity index (χ4n) is 2.25. The summed E-state index contributed by atoms with van der Waals surface area (Å²) in [7, 11) is 0. The zero-order chi connectivity index (χ0) is 16.7. The summed E-state index contributed by atoms with van der Waals surface area (Å²) in [6, 6.07) is 3.84. The van der Waals surface area contributed by atoms with Crippen LogP contribution in [0.3, 0.4) is 0 Å². The molecule has 0 spiro atoms. The van der Waals surface area contributed by atoms with E-state index in [1.54, 1.807) is 11.1 Å². The molecule has 1 aliphatic rings. The predicted octanol–water partition coefficient (Wildman–Crippen LogP) is -0.0571. The number of aromatic nitrogens is 1. The van der Waals surface area contributed by atoms with Crippen molar-refractivity contribution in [2.75, 3.05) is 34.2 Å². The second-order valence-electron chi connectivity index (χ2n) is 5.05. The third kappa shape index (κ3) is 5.59. The Bertz CT molecular complexity index is 561. The number of carbonyl (C=O) groups is 2. The highest BCUT2D eigenvalue weighted by Gasteiger charge is 2.24. The number of carbonyl (C=O) groups excluding carboxylic acids is 2. The molecule has 1 unspecified atom stereocenters. The summed E-state index contributed by atoms with van der Waals surface area (Å²) in [4.78, 5) is 29.7. The van der Waals surface area contributed by atoms with Crippen molar-refractivity contribution in [1.29, 1.82) is 0 Å². The molecule has 9 heteroatoms. The number of thioether (sulfide) groups is 1. The third-order valence-electron chi connectivity index (χ3n) is 3.34. The molecule has 1 aliphatic heterocycles. The van der Waals surface area contributed by atoms with Gasteiger partial charge in [-0.05, 0) is 40.6 Å². The van der Waals surface area contributed by atoms with E-state index in [1.807, 2.05) is 34.7 Å². The first-order valence-corrected chi connectivity index (χ1v) is 9.96. The zero-order valence-corrected chi connectivity index (χ0v) is 15.6. The van der Waals surface area contributed by atoms with Crippen LogP contribution in [0.5, 0.6) is 0 Å². The van der Waals surface area contributed by atoms with Crippen molar-refractivity contribution in [3.63, 3.8) is 0 Å². The summed E-state index contributed by atoms with van der Waals surface area (Å²) in [6.45, 7) is 0.785. The minimum absolute atomic E-state index is 0.0347. The minimum atomic E-state index is -0.123. The molecule has 7 nitrogen and oxygen atoms in total. The Hall–Kier alpha value is -0.910. The van der Waals surface area contributed by atoms with Crippen molar-refractivity contribution in [2.45, 2.75) is 12.8 Å². The number of alkyl halides is 1. The molecule has 1 atom stereocenters. The average Bonchev–Trinajstić information content (AvgIpc) is 2.56. The fourth-order valence-corrected chi connectivity index (χ4v) is 3.60. The number of fused-ring (bicyclic) bond motifs is 1. The first-order valence-electron chi connectivity index (χ1n) is 7.28. The van der Waals surface area contributed by atoms with Crippen LogP contribution in [0, 0.1) is 5.21 Å². The van der Waals surface area contributed by atoms with Crippen molar-refractivity contribution in [2.24, 2.45) is 0 Å². The van der Waals surface area contributed by atoms with Gasteiger partial charge in [0.25, 0.3) is 0 Å². The molecule has 0 bridgehead atoms. The van der Waals surface area contributed by atoms with E-state index in [4.69, 9.17) is 0 Å². The molecule has 0 saturated heterocycles.